The van der Waals surface area contributed by atoms with Gasteiger partial charge in [-0.15, -0.1) is 0 Å². The normalized spacial score (nSPS) is 18.5. The van der Waals surface area contributed by atoms with Crippen molar-refractivity contribution in [2.24, 2.45) is 0 Å². The Morgan fingerprint density at radius 1 is 1.03 bits per heavy atom. The number of hydrazine groups is 1. The van der Waals surface area contributed by atoms with Gasteiger partial charge in [0.2, 0.25) is 5.91 Å². The van der Waals surface area contributed by atoms with E-state index in [0.29, 0.717) is 36.0 Å². The molecule has 150 valence electrons. The maximum atomic E-state index is 12.6. The Kier molecular flexibility index (Phi) is 5.18. The van der Waals surface area contributed by atoms with Crippen molar-refractivity contribution in [1.82, 2.24) is 10.9 Å². The minimum absolute atomic E-state index is 0.0336. The predicted octanol–water partition coefficient (Wildman–Crippen LogP) is 1.72. The Hall–Kier alpha value is -3.39. The van der Waals surface area contributed by atoms with Crippen LogP contribution in [0.4, 0.5) is 5.69 Å². The highest BCUT2D eigenvalue weighted by Crippen LogP contribution is 2.30. The first-order valence-electron chi connectivity index (χ1n) is 9.42. The number of carbonyl (C=O) groups excluding carboxylic acids is 3. The highest BCUT2D eigenvalue weighted by Gasteiger charge is 2.39. The molecule has 2 heterocycles. The van der Waals surface area contributed by atoms with Crippen LogP contribution in [0.25, 0.3) is 0 Å². The molecule has 2 N–H and O–H groups in total. The zero-order valence-corrected chi connectivity index (χ0v) is 15.9. The highest BCUT2D eigenvalue weighted by atomic mass is 16.5. The van der Waals surface area contributed by atoms with Gasteiger partial charge in [-0.2, -0.15) is 0 Å². The van der Waals surface area contributed by atoms with Gasteiger partial charge in [0.25, 0.3) is 11.8 Å². The second kappa shape index (κ2) is 7.92. The number of carbonyl (C=O) groups is 3. The van der Waals surface area contributed by atoms with Crippen molar-refractivity contribution >= 4 is 23.4 Å². The number of aryl methyl sites for hydroxylation is 1. The fourth-order valence-electron chi connectivity index (χ4n) is 3.24. The molecule has 0 aromatic heterocycles. The van der Waals surface area contributed by atoms with Gasteiger partial charge < -0.3 is 9.47 Å². The number of anilines is 1. The van der Waals surface area contributed by atoms with Crippen molar-refractivity contribution in [2.75, 3.05) is 18.1 Å². The number of nitrogens with zero attached hydrogens (tertiary/aromatic N) is 1. The summed E-state index contributed by atoms with van der Waals surface area (Å²) in [4.78, 5) is 38.6. The van der Waals surface area contributed by atoms with Gasteiger partial charge in [0.15, 0.2) is 11.5 Å². The number of rotatable bonds is 4. The van der Waals surface area contributed by atoms with Gasteiger partial charge in [-0.25, -0.2) is 10.3 Å². The molecule has 3 amide bonds. The molecule has 2 aliphatic rings. The standard InChI is InChI=1S/C21H21N3O5/c1-13-3-6-15(7-4-13)24-19(25)12-16(21(24)27)22-23-20(26)14-5-8-17-18(11-14)29-10-2-9-28-17/h3-8,11,16,22H,2,9-10,12H2,1H3,(H,23,26). The Bertz CT molecular complexity index is 957. The van der Waals surface area contributed by atoms with E-state index < -0.39 is 17.9 Å². The van der Waals surface area contributed by atoms with E-state index in [1.165, 1.54) is 0 Å². The summed E-state index contributed by atoms with van der Waals surface area (Å²) in [6, 6.07) is 11.2. The molecule has 29 heavy (non-hydrogen) atoms. The molecular formula is C21H21N3O5. The third-order valence-electron chi connectivity index (χ3n) is 4.81. The lowest BCUT2D eigenvalue weighted by Crippen LogP contribution is -2.48. The van der Waals surface area contributed by atoms with E-state index in [2.05, 4.69) is 10.9 Å². The molecule has 1 unspecified atom stereocenters. The molecule has 4 rings (SSSR count). The van der Waals surface area contributed by atoms with Crippen molar-refractivity contribution in [2.45, 2.75) is 25.8 Å². The molecule has 0 saturated carbocycles. The van der Waals surface area contributed by atoms with E-state index in [-0.39, 0.29) is 12.3 Å². The predicted molar refractivity (Wildman–Crippen MR) is 105 cm³/mol. The number of imide groups is 1. The molecule has 0 radical (unpaired) electrons. The van der Waals surface area contributed by atoms with Gasteiger partial charge in [-0.3, -0.25) is 19.8 Å². The summed E-state index contributed by atoms with van der Waals surface area (Å²) < 4.78 is 11.1. The van der Waals surface area contributed by atoms with Crippen molar-refractivity contribution in [1.29, 1.82) is 0 Å². The van der Waals surface area contributed by atoms with E-state index in [9.17, 15) is 14.4 Å². The molecule has 1 fully saturated rings. The summed E-state index contributed by atoms with van der Waals surface area (Å²) in [5.41, 5.74) is 7.10. The van der Waals surface area contributed by atoms with Crippen LogP contribution >= 0.6 is 0 Å². The monoisotopic (exact) mass is 395 g/mol. The number of nitrogens with one attached hydrogen (secondary N) is 2. The van der Waals surface area contributed by atoms with Gasteiger partial charge in [-0.1, -0.05) is 17.7 Å². The van der Waals surface area contributed by atoms with E-state index in [1.54, 1.807) is 30.3 Å². The lowest BCUT2D eigenvalue weighted by Gasteiger charge is -2.16. The molecule has 1 saturated heterocycles. The number of fused-ring (bicyclic) bond motifs is 1. The average Bonchev–Trinajstić information content (AvgIpc) is 2.87. The first-order valence-corrected chi connectivity index (χ1v) is 9.42. The molecule has 0 spiro atoms. The minimum atomic E-state index is -0.826. The van der Waals surface area contributed by atoms with Crippen molar-refractivity contribution < 1.29 is 23.9 Å². The van der Waals surface area contributed by atoms with Crippen LogP contribution in [0.15, 0.2) is 42.5 Å². The maximum absolute atomic E-state index is 12.6. The molecule has 2 aromatic carbocycles. The van der Waals surface area contributed by atoms with Crippen LogP contribution in [-0.2, 0) is 9.59 Å². The molecule has 0 aliphatic carbocycles. The van der Waals surface area contributed by atoms with Crippen LogP contribution in [0.5, 0.6) is 11.5 Å². The second-order valence-corrected chi connectivity index (χ2v) is 6.97. The third-order valence-corrected chi connectivity index (χ3v) is 4.81. The molecule has 2 aromatic rings. The molecule has 8 heteroatoms. The van der Waals surface area contributed by atoms with Crippen LogP contribution in [0, 0.1) is 6.92 Å². The molecule has 1 atom stereocenters. The average molecular weight is 395 g/mol. The lowest BCUT2D eigenvalue weighted by atomic mass is 10.2. The quantitative estimate of drug-likeness (QED) is 0.605. The van der Waals surface area contributed by atoms with E-state index in [0.717, 1.165) is 16.9 Å². The topological polar surface area (TPSA) is 97.0 Å². The molecule has 2 aliphatic heterocycles. The largest absolute Gasteiger partial charge is 0.490 e. The van der Waals surface area contributed by atoms with Crippen molar-refractivity contribution in [3.8, 4) is 11.5 Å². The fraction of sp³-hybridized carbons (Fsp3) is 0.286. The SMILES string of the molecule is Cc1ccc(N2C(=O)CC(NNC(=O)c3ccc4c(c3)OCCCO4)C2=O)cc1. The smallest absolute Gasteiger partial charge is 0.265 e. The van der Waals surface area contributed by atoms with Crippen molar-refractivity contribution in [3.63, 3.8) is 0 Å². The van der Waals surface area contributed by atoms with Crippen LogP contribution in [0.2, 0.25) is 0 Å². The van der Waals surface area contributed by atoms with Crippen LogP contribution in [0.3, 0.4) is 0 Å². The number of hydrogen-bond acceptors (Lipinski definition) is 6. The third kappa shape index (κ3) is 3.93. The van der Waals surface area contributed by atoms with E-state index >= 15 is 0 Å². The first-order chi connectivity index (χ1) is 14.0. The van der Waals surface area contributed by atoms with Gasteiger partial charge in [0, 0.05) is 12.0 Å². The number of benzene rings is 2. The van der Waals surface area contributed by atoms with E-state index in [4.69, 9.17) is 9.47 Å². The summed E-state index contributed by atoms with van der Waals surface area (Å²) in [7, 11) is 0. The molecule has 8 nitrogen and oxygen atoms in total. The number of amides is 3. The van der Waals surface area contributed by atoms with E-state index in [1.807, 2.05) is 19.1 Å². The summed E-state index contributed by atoms with van der Waals surface area (Å²) in [6.45, 7) is 3.01. The Morgan fingerprint density at radius 2 is 1.76 bits per heavy atom. The first kappa shape index (κ1) is 18.9. The van der Waals surface area contributed by atoms with Crippen LogP contribution in [-0.4, -0.2) is 37.0 Å². The Balaban J connectivity index is 1.41. The summed E-state index contributed by atoms with van der Waals surface area (Å²) in [5.74, 6) is -0.0567. The molecular weight excluding hydrogens is 374 g/mol. The number of hydrogen-bond donors (Lipinski definition) is 2. The number of ether oxygens (including phenoxy) is 2. The summed E-state index contributed by atoms with van der Waals surface area (Å²) >= 11 is 0. The second-order valence-electron chi connectivity index (χ2n) is 6.97. The summed E-state index contributed by atoms with van der Waals surface area (Å²) in [5, 5.41) is 0. The van der Waals surface area contributed by atoms with Crippen molar-refractivity contribution in [3.05, 3.63) is 53.6 Å². The van der Waals surface area contributed by atoms with Gasteiger partial charge in [-0.05, 0) is 37.3 Å². The minimum Gasteiger partial charge on any atom is -0.490 e. The van der Waals surface area contributed by atoms with Gasteiger partial charge in [0.1, 0.15) is 6.04 Å². The zero-order valence-electron chi connectivity index (χ0n) is 15.9. The van der Waals surface area contributed by atoms with Crippen LogP contribution < -0.4 is 25.2 Å². The molecule has 0 bridgehead atoms. The Labute approximate surface area is 167 Å². The maximum Gasteiger partial charge on any atom is 0.265 e. The fourth-order valence-corrected chi connectivity index (χ4v) is 3.24. The highest BCUT2D eigenvalue weighted by molar-refractivity contribution is 6.22. The lowest BCUT2D eigenvalue weighted by molar-refractivity contribution is -0.121. The van der Waals surface area contributed by atoms with Gasteiger partial charge in [0.05, 0.1) is 25.3 Å². The van der Waals surface area contributed by atoms with Gasteiger partial charge >= 0.3 is 0 Å². The summed E-state index contributed by atoms with van der Waals surface area (Å²) in [6.07, 6.45) is 0.737. The zero-order chi connectivity index (χ0) is 20.4. The Morgan fingerprint density at radius 3 is 2.52 bits per heavy atom. The van der Waals surface area contributed by atoms with Crippen LogP contribution in [0.1, 0.15) is 28.8 Å².